The molecule has 34 heavy (non-hydrogen) atoms. The Kier molecular flexibility index (Phi) is 8.67. The quantitative estimate of drug-likeness (QED) is 0.460. The summed E-state index contributed by atoms with van der Waals surface area (Å²) < 4.78 is 16.7. The molecule has 0 radical (unpaired) electrons. The summed E-state index contributed by atoms with van der Waals surface area (Å²) in [6.45, 7) is 1.93. The van der Waals surface area contributed by atoms with E-state index in [1.165, 1.54) is 4.90 Å². The van der Waals surface area contributed by atoms with Gasteiger partial charge in [-0.1, -0.05) is 25.1 Å². The van der Waals surface area contributed by atoms with Crippen LogP contribution in [-0.4, -0.2) is 49.5 Å². The standard InChI is InChI=1S/C26H31N3O5/c1-5-21(20-8-6-7-9-22(20)33-17-26(31)29(2)3)28-24(30)14-15-25-27-16-23(34-25)18-10-12-19(32-4)13-11-18/h6-13,16,21H,5,14-15,17H2,1-4H3,(H,28,30). The van der Waals surface area contributed by atoms with Crippen molar-refractivity contribution in [1.29, 1.82) is 0 Å². The largest absolute Gasteiger partial charge is 0.497 e. The van der Waals surface area contributed by atoms with Gasteiger partial charge in [0.1, 0.15) is 11.5 Å². The Morgan fingerprint density at radius 3 is 2.53 bits per heavy atom. The van der Waals surface area contributed by atoms with Gasteiger partial charge in [-0.25, -0.2) is 4.98 Å². The lowest BCUT2D eigenvalue weighted by atomic mass is 10.0. The molecule has 1 unspecified atom stereocenters. The molecule has 0 saturated carbocycles. The number of carbonyl (C=O) groups excluding carboxylic acids is 2. The van der Waals surface area contributed by atoms with Crippen LogP contribution in [0.3, 0.4) is 0 Å². The van der Waals surface area contributed by atoms with Crippen LogP contribution in [0, 0.1) is 0 Å². The topological polar surface area (TPSA) is 93.9 Å². The molecule has 3 aromatic rings. The Hall–Kier alpha value is -3.81. The molecule has 1 atom stereocenters. The average molecular weight is 466 g/mol. The van der Waals surface area contributed by atoms with Crippen molar-refractivity contribution in [2.75, 3.05) is 27.8 Å². The number of oxazole rings is 1. The van der Waals surface area contributed by atoms with Crippen molar-refractivity contribution in [2.24, 2.45) is 0 Å². The predicted molar refractivity (Wildman–Crippen MR) is 129 cm³/mol. The number of benzene rings is 2. The van der Waals surface area contributed by atoms with Crippen molar-refractivity contribution in [3.8, 4) is 22.8 Å². The SMILES string of the molecule is CCC(NC(=O)CCc1ncc(-c2ccc(OC)cc2)o1)c1ccccc1OCC(=O)N(C)C. The molecule has 8 nitrogen and oxygen atoms in total. The molecule has 3 rings (SSSR count). The maximum Gasteiger partial charge on any atom is 0.259 e. The molecular formula is C26H31N3O5. The van der Waals surface area contributed by atoms with Crippen molar-refractivity contribution < 1.29 is 23.5 Å². The van der Waals surface area contributed by atoms with Crippen molar-refractivity contribution in [3.05, 3.63) is 66.2 Å². The smallest absolute Gasteiger partial charge is 0.259 e. The van der Waals surface area contributed by atoms with E-state index in [1.54, 1.807) is 33.5 Å². The first kappa shape index (κ1) is 24.8. The fraction of sp³-hybridized carbons (Fsp3) is 0.346. The number of ether oxygens (including phenoxy) is 2. The van der Waals surface area contributed by atoms with Crippen molar-refractivity contribution >= 4 is 11.8 Å². The lowest BCUT2D eigenvalue weighted by Crippen LogP contribution is -2.30. The first-order valence-electron chi connectivity index (χ1n) is 11.2. The number of aromatic nitrogens is 1. The Morgan fingerprint density at radius 2 is 1.85 bits per heavy atom. The summed E-state index contributed by atoms with van der Waals surface area (Å²) in [6, 6.07) is 14.7. The highest BCUT2D eigenvalue weighted by Gasteiger charge is 2.18. The van der Waals surface area contributed by atoms with E-state index in [4.69, 9.17) is 13.9 Å². The predicted octanol–water partition coefficient (Wildman–Crippen LogP) is 4.02. The van der Waals surface area contributed by atoms with Crippen LogP contribution in [0.15, 0.2) is 59.1 Å². The third-order valence-corrected chi connectivity index (χ3v) is 5.38. The number of para-hydroxylation sites is 1. The van der Waals surface area contributed by atoms with Crippen LogP contribution in [-0.2, 0) is 16.0 Å². The number of hydrogen-bond donors (Lipinski definition) is 1. The van der Waals surface area contributed by atoms with E-state index in [2.05, 4.69) is 10.3 Å². The summed E-state index contributed by atoms with van der Waals surface area (Å²) in [5, 5.41) is 3.06. The highest BCUT2D eigenvalue weighted by Crippen LogP contribution is 2.28. The number of methoxy groups -OCH3 is 1. The number of rotatable bonds is 11. The highest BCUT2D eigenvalue weighted by atomic mass is 16.5. The molecule has 2 aromatic carbocycles. The fourth-order valence-corrected chi connectivity index (χ4v) is 3.37. The molecule has 0 aliphatic heterocycles. The molecule has 1 aromatic heterocycles. The van der Waals surface area contributed by atoms with Gasteiger partial charge >= 0.3 is 0 Å². The van der Waals surface area contributed by atoms with E-state index in [9.17, 15) is 9.59 Å². The lowest BCUT2D eigenvalue weighted by Gasteiger charge is -2.21. The van der Waals surface area contributed by atoms with Crippen LogP contribution < -0.4 is 14.8 Å². The van der Waals surface area contributed by atoms with Gasteiger partial charge in [-0.2, -0.15) is 0 Å². The first-order chi connectivity index (χ1) is 16.4. The molecule has 180 valence electrons. The Labute approximate surface area is 199 Å². The highest BCUT2D eigenvalue weighted by molar-refractivity contribution is 5.77. The molecule has 0 saturated heterocycles. The zero-order chi connectivity index (χ0) is 24.5. The van der Waals surface area contributed by atoms with Gasteiger partial charge < -0.3 is 24.1 Å². The Morgan fingerprint density at radius 1 is 1.12 bits per heavy atom. The van der Waals surface area contributed by atoms with E-state index in [1.807, 2.05) is 49.4 Å². The van der Waals surface area contributed by atoms with Gasteiger partial charge in [0.25, 0.3) is 5.91 Å². The average Bonchev–Trinajstić information content (AvgIpc) is 3.34. The van der Waals surface area contributed by atoms with Crippen LogP contribution in [0.25, 0.3) is 11.3 Å². The second-order valence-corrected chi connectivity index (χ2v) is 7.99. The minimum absolute atomic E-state index is 0.0604. The molecule has 0 aliphatic rings. The second-order valence-electron chi connectivity index (χ2n) is 7.99. The van der Waals surface area contributed by atoms with Crippen LogP contribution in [0.2, 0.25) is 0 Å². The molecular weight excluding hydrogens is 434 g/mol. The molecule has 1 N–H and O–H groups in total. The maximum atomic E-state index is 12.7. The number of aryl methyl sites for hydroxylation is 1. The first-order valence-corrected chi connectivity index (χ1v) is 11.2. The molecule has 8 heteroatoms. The van der Waals surface area contributed by atoms with Crippen molar-refractivity contribution in [1.82, 2.24) is 15.2 Å². The monoisotopic (exact) mass is 465 g/mol. The van der Waals surface area contributed by atoms with Crippen LogP contribution in [0.1, 0.15) is 37.3 Å². The second kappa shape index (κ2) is 11.9. The molecule has 0 fully saturated rings. The van der Waals surface area contributed by atoms with Crippen LogP contribution in [0.5, 0.6) is 11.5 Å². The number of hydrogen-bond acceptors (Lipinski definition) is 6. The summed E-state index contributed by atoms with van der Waals surface area (Å²) in [7, 11) is 4.98. The molecule has 2 amide bonds. The number of carbonyl (C=O) groups is 2. The molecule has 1 heterocycles. The van der Waals surface area contributed by atoms with Gasteiger partial charge in [0.05, 0.1) is 19.3 Å². The van der Waals surface area contributed by atoms with Crippen LogP contribution >= 0.6 is 0 Å². The van der Waals surface area contributed by atoms with Crippen LogP contribution in [0.4, 0.5) is 0 Å². The molecule has 0 bridgehead atoms. The minimum Gasteiger partial charge on any atom is -0.497 e. The van der Waals surface area contributed by atoms with E-state index in [0.717, 1.165) is 16.9 Å². The van der Waals surface area contributed by atoms with Crippen molar-refractivity contribution in [2.45, 2.75) is 32.2 Å². The minimum atomic E-state index is -0.238. The summed E-state index contributed by atoms with van der Waals surface area (Å²) in [5.74, 6) is 2.24. The van der Waals surface area contributed by atoms with Gasteiger partial charge in [0.15, 0.2) is 18.3 Å². The lowest BCUT2D eigenvalue weighted by molar-refractivity contribution is -0.130. The fourth-order valence-electron chi connectivity index (χ4n) is 3.37. The number of amides is 2. The van der Waals surface area contributed by atoms with E-state index in [0.29, 0.717) is 30.2 Å². The van der Waals surface area contributed by atoms with E-state index in [-0.39, 0.29) is 30.9 Å². The number of nitrogens with one attached hydrogen (secondary N) is 1. The van der Waals surface area contributed by atoms with Gasteiger partial charge in [0.2, 0.25) is 5.91 Å². The van der Waals surface area contributed by atoms with Crippen molar-refractivity contribution in [3.63, 3.8) is 0 Å². The summed E-state index contributed by atoms with van der Waals surface area (Å²) >= 11 is 0. The maximum absolute atomic E-state index is 12.7. The Bertz CT molecular complexity index is 1090. The number of likely N-dealkylation sites (N-methyl/N-ethyl adjacent to an activating group) is 1. The zero-order valence-corrected chi connectivity index (χ0v) is 20.0. The zero-order valence-electron chi connectivity index (χ0n) is 20.0. The molecule has 0 aliphatic carbocycles. The third-order valence-electron chi connectivity index (χ3n) is 5.38. The van der Waals surface area contributed by atoms with E-state index >= 15 is 0 Å². The normalized spacial score (nSPS) is 11.5. The molecule has 0 spiro atoms. The Balaban J connectivity index is 1.58. The van der Waals surface area contributed by atoms with Gasteiger partial charge in [-0.05, 0) is 36.8 Å². The number of nitrogens with zero attached hydrogens (tertiary/aromatic N) is 2. The van der Waals surface area contributed by atoms with E-state index < -0.39 is 0 Å². The summed E-state index contributed by atoms with van der Waals surface area (Å²) in [6.07, 6.45) is 2.95. The summed E-state index contributed by atoms with van der Waals surface area (Å²) in [4.78, 5) is 30.3. The third kappa shape index (κ3) is 6.60. The summed E-state index contributed by atoms with van der Waals surface area (Å²) in [5.41, 5.74) is 1.72. The van der Waals surface area contributed by atoms with Gasteiger partial charge in [-0.3, -0.25) is 9.59 Å². The van der Waals surface area contributed by atoms with Gasteiger partial charge in [0, 0.05) is 38.1 Å². The van der Waals surface area contributed by atoms with Gasteiger partial charge in [-0.15, -0.1) is 0 Å².